The lowest BCUT2D eigenvalue weighted by Gasteiger charge is -2.07. The molecule has 3 nitrogen and oxygen atoms in total. The Morgan fingerprint density at radius 3 is 3.07 bits per heavy atom. The molecule has 0 saturated carbocycles. The van der Waals surface area contributed by atoms with Crippen LogP contribution in [0, 0.1) is 0 Å². The standard InChI is InChI=1S/C11H13N3/c1-7(2)14-9-3-4-10-8(5-9)6-13-11(10)12/h3-5,14H,1,6H2,2H3,(H2,12,13). The fraction of sp³-hybridized carbons (Fsp3) is 0.182. The molecule has 2 rings (SSSR count). The van der Waals surface area contributed by atoms with Gasteiger partial charge in [-0.05, 0) is 30.7 Å². The van der Waals surface area contributed by atoms with Crippen molar-refractivity contribution in [2.75, 3.05) is 5.32 Å². The molecule has 3 N–H and O–H groups in total. The molecule has 1 aliphatic heterocycles. The lowest BCUT2D eigenvalue weighted by Crippen LogP contribution is -2.10. The maximum absolute atomic E-state index is 5.71. The Bertz CT molecular complexity index is 419. The molecule has 0 spiro atoms. The van der Waals surface area contributed by atoms with E-state index in [9.17, 15) is 0 Å². The van der Waals surface area contributed by atoms with Crippen LogP contribution in [0.5, 0.6) is 0 Å². The third kappa shape index (κ3) is 1.48. The summed E-state index contributed by atoms with van der Waals surface area (Å²) in [6, 6.07) is 6.04. The van der Waals surface area contributed by atoms with Crippen LogP contribution >= 0.6 is 0 Å². The number of benzene rings is 1. The maximum atomic E-state index is 5.71. The molecular weight excluding hydrogens is 174 g/mol. The first-order valence-corrected chi connectivity index (χ1v) is 4.52. The molecule has 14 heavy (non-hydrogen) atoms. The molecule has 0 amide bonds. The summed E-state index contributed by atoms with van der Waals surface area (Å²) >= 11 is 0. The Morgan fingerprint density at radius 1 is 1.57 bits per heavy atom. The molecule has 72 valence electrons. The molecule has 3 heteroatoms. The molecule has 0 unspecified atom stereocenters. The van der Waals surface area contributed by atoms with E-state index in [1.54, 1.807) is 0 Å². The van der Waals surface area contributed by atoms with Crippen molar-refractivity contribution in [3.63, 3.8) is 0 Å². The van der Waals surface area contributed by atoms with E-state index in [2.05, 4.69) is 23.0 Å². The topological polar surface area (TPSA) is 50.4 Å². The molecule has 0 saturated heterocycles. The van der Waals surface area contributed by atoms with Crippen molar-refractivity contribution in [1.29, 1.82) is 0 Å². The van der Waals surface area contributed by atoms with E-state index in [4.69, 9.17) is 5.73 Å². The van der Waals surface area contributed by atoms with Gasteiger partial charge in [-0.2, -0.15) is 0 Å². The Balaban J connectivity index is 2.31. The highest BCUT2D eigenvalue weighted by molar-refractivity contribution is 6.01. The van der Waals surface area contributed by atoms with Gasteiger partial charge in [0, 0.05) is 16.9 Å². The molecule has 1 aromatic rings. The predicted molar refractivity (Wildman–Crippen MR) is 59.3 cm³/mol. The van der Waals surface area contributed by atoms with E-state index in [-0.39, 0.29) is 0 Å². The van der Waals surface area contributed by atoms with E-state index < -0.39 is 0 Å². The van der Waals surface area contributed by atoms with Crippen LogP contribution in [0.25, 0.3) is 0 Å². The number of anilines is 1. The van der Waals surface area contributed by atoms with Crippen molar-refractivity contribution in [2.24, 2.45) is 10.7 Å². The highest BCUT2D eigenvalue weighted by atomic mass is 14.9. The number of hydrogen-bond donors (Lipinski definition) is 2. The lowest BCUT2D eigenvalue weighted by molar-refractivity contribution is 1.10. The molecule has 0 fully saturated rings. The second kappa shape index (κ2) is 3.18. The molecular formula is C11H13N3. The summed E-state index contributed by atoms with van der Waals surface area (Å²) in [6.07, 6.45) is 0. The van der Waals surface area contributed by atoms with Gasteiger partial charge in [0.25, 0.3) is 0 Å². The first kappa shape index (κ1) is 8.81. The highest BCUT2D eigenvalue weighted by Gasteiger charge is 2.12. The molecule has 0 atom stereocenters. The van der Waals surface area contributed by atoms with Crippen LogP contribution in [0.2, 0.25) is 0 Å². The van der Waals surface area contributed by atoms with Gasteiger partial charge in [0.1, 0.15) is 5.84 Å². The van der Waals surface area contributed by atoms with Crippen molar-refractivity contribution >= 4 is 11.5 Å². The lowest BCUT2D eigenvalue weighted by atomic mass is 10.1. The minimum absolute atomic E-state index is 0.641. The monoisotopic (exact) mass is 187 g/mol. The van der Waals surface area contributed by atoms with Crippen molar-refractivity contribution in [1.82, 2.24) is 0 Å². The van der Waals surface area contributed by atoms with Crippen LogP contribution in [0.15, 0.2) is 35.5 Å². The third-order valence-corrected chi connectivity index (χ3v) is 2.16. The second-order valence-corrected chi connectivity index (χ2v) is 3.48. The quantitative estimate of drug-likeness (QED) is 0.742. The molecule has 1 aliphatic rings. The number of fused-ring (bicyclic) bond motifs is 1. The molecule has 0 aromatic heterocycles. The van der Waals surface area contributed by atoms with Gasteiger partial charge in [-0.1, -0.05) is 6.58 Å². The Kier molecular flexibility index (Phi) is 2.00. The van der Waals surface area contributed by atoms with Crippen molar-refractivity contribution in [3.05, 3.63) is 41.6 Å². The van der Waals surface area contributed by atoms with E-state index in [1.807, 2.05) is 19.1 Å². The van der Waals surface area contributed by atoms with E-state index in [0.29, 0.717) is 12.4 Å². The first-order chi connectivity index (χ1) is 6.66. The Morgan fingerprint density at radius 2 is 2.36 bits per heavy atom. The van der Waals surface area contributed by atoms with Crippen LogP contribution in [0.3, 0.4) is 0 Å². The fourth-order valence-electron chi connectivity index (χ4n) is 1.55. The largest absolute Gasteiger partial charge is 0.383 e. The fourth-order valence-corrected chi connectivity index (χ4v) is 1.55. The predicted octanol–water partition coefficient (Wildman–Crippen LogP) is 1.85. The van der Waals surface area contributed by atoms with Gasteiger partial charge in [0.15, 0.2) is 0 Å². The van der Waals surface area contributed by atoms with Crippen LogP contribution in [0.1, 0.15) is 18.1 Å². The molecule has 0 bridgehead atoms. The summed E-state index contributed by atoms with van der Waals surface area (Å²) in [4.78, 5) is 4.17. The molecule has 1 heterocycles. The highest BCUT2D eigenvalue weighted by Crippen LogP contribution is 2.21. The summed E-state index contributed by atoms with van der Waals surface area (Å²) in [7, 11) is 0. The molecule has 1 aromatic carbocycles. The summed E-state index contributed by atoms with van der Waals surface area (Å²) in [5.41, 5.74) is 9.91. The minimum atomic E-state index is 0.641. The number of allylic oxidation sites excluding steroid dienone is 1. The Hall–Kier alpha value is -1.77. The van der Waals surface area contributed by atoms with Crippen LogP contribution in [0.4, 0.5) is 5.69 Å². The van der Waals surface area contributed by atoms with Gasteiger partial charge in [-0.15, -0.1) is 0 Å². The zero-order valence-corrected chi connectivity index (χ0v) is 8.17. The van der Waals surface area contributed by atoms with Gasteiger partial charge >= 0.3 is 0 Å². The number of nitrogens with zero attached hydrogens (tertiary/aromatic N) is 1. The van der Waals surface area contributed by atoms with E-state index in [0.717, 1.165) is 16.9 Å². The van der Waals surface area contributed by atoms with Crippen LogP contribution in [-0.2, 0) is 6.54 Å². The van der Waals surface area contributed by atoms with Gasteiger partial charge in [0.2, 0.25) is 0 Å². The number of nitrogens with two attached hydrogens (primary N) is 1. The summed E-state index contributed by atoms with van der Waals surface area (Å²) in [5, 5.41) is 3.16. The first-order valence-electron chi connectivity index (χ1n) is 4.52. The SMILES string of the molecule is C=C(C)Nc1ccc2c(c1)CN=C2N. The van der Waals surface area contributed by atoms with Crippen LogP contribution in [-0.4, -0.2) is 5.84 Å². The zero-order chi connectivity index (χ0) is 10.1. The van der Waals surface area contributed by atoms with Gasteiger partial charge < -0.3 is 11.1 Å². The van der Waals surface area contributed by atoms with Crippen molar-refractivity contribution in [2.45, 2.75) is 13.5 Å². The normalized spacial score (nSPS) is 13.4. The number of rotatable bonds is 2. The zero-order valence-electron chi connectivity index (χ0n) is 8.17. The third-order valence-electron chi connectivity index (χ3n) is 2.16. The minimum Gasteiger partial charge on any atom is -0.383 e. The van der Waals surface area contributed by atoms with Gasteiger partial charge in [-0.25, -0.2) is 0 Å². The van der Waals surface area contributed by atoms with Crippen molar-refractivity contribution < 1.29 is 0 Å². The van der Waals surface area contributed by atoms with Gasteiger partial charge in [0.05, 0.1) is 6.54 Å². The number of amidine groups is 1. The summed E-state index contributed by atoms with van der Waals surface area (Å²) in [6.45, 7) is 6.41. The second-order valence-electron chi connectivity index (χ2n) is 3.48. The van der Waals surface area contributed by atoms with E-state index in [1.165, 1.54) is 5.56 Å². The molecule has 0 aliphatic carbocycles. The number of aliphatic imine (C=N–C) groups is 1. The summed E-state index contributed by atoms with van der Waals surface area (Å²) in [5.74, 6) is 0.641. The average molecular weight is 187 g/mol. The number of hydrogen-bond acceptors (Lipinski definition) is 3. The van der Waals surface area contributed by atoms with Crippen LogP contribution < -0.4 is 11.1 Å². The average Bonchev–Trinajstić information content (AvgIpc) is 2.46. The van der Waals surface area contributed by atoms with E-state index >= 15 is 0 Å². The number of nitrogens with one attached hydrogen (secondary N) is 1. The smallest absolute Gasteiger partial charge is 0.126 e. The van der Waals surface area contributed by atoms with Crippen molar-refractivity contribution in [3.8, 4) is 0 Å². The summed E-state index contributed by atoms with van der Waals surface area (Å²) < 4.78 is 0. The maximum Gasteiger partial charge on any atom is 0.126 e. The van der Waals surface area contributed by atoms with Gasteiger partial charge in [-0.3, -0.25) is 4.99 Å². The Labute approximate surface area is 83.3 Å². The molecule has 0 radical (unpaired) electrons.